The topological polar surface area (TPSA) is 75.6 Å². The van der Waals surface area contributed by atoms with E-state index in [4.69, 9.17) is 21.4 Å². The lowest BCUT2D eigenvalue weighted by Crippen LogP contribution is -2.21. The van der Waals surface area contributed by atoms with Gasteiger partial charge in [-0.15, -0.1) is 0 Å². The fraction of sp³-hybridized carbons (Fsp3) is 0.429. The number of carbonyl (C=O) groups is 2. The summed E-state index contributed by atoms with van der Waals surface area (Å²) in [6, 6.07) is 4.74. The molecule has 1 saturated carbocycles. The van der Waals surface area contributed by atoms with Gasteiger partial charge < -0.3 is 15.2 Å². The lowest BCUT2D eigenvalue weighted by atomic mass is 10.1. The summed E-state index contributed by atoms with van der Waals surface area (Å²) in [5.41, 5.74) is 0.579. The molecule has 0 bridgehead atoms. The van der Waals surface area contributed by atoms with Crippen molar-refractivity contribution in [3.63, 3.8) is 0 Å². The van der Waals surface area contributed by atoms with Crippen LogP contribution >= 0.6 is 11.6 Å². The molecule has 1 aliphatic rings. The number of carboxylic acid groups (broad SMARTS) is 1. The summed E-state index contributed by atoms with van der Waals surface area (Å²) in [6.07, 6.45) is 2.22. The van der Waals surface area contributed by atoms with Gasteiger partial charge in [-0.1, -0.05) is 18.5 Å². The van der Waals surface area contributed by atoms with Crippen molar-refractivity contribution in [3.8, 4) is 5.75 Å². The molecule has 0 aromatic heterocycles. The number of hydrogen-bond acceptors (Lipinski definition) is 3. The van der Waals surface area contributed by atoms with Crippen LogP contribution in [0.15, 0.2) is 18.2 Å². The van der Waals surface area contributed by atoms with Gasteiger partial charge in [0.15, 0.2) is 6.61 Å². The molecular formula is C14H16ClNO4. The molecule has 1 aromatic carbocycles. The van der Waals surface area contributed by atoms with Crippen molar-refractivity contribution < 1.29 is 19.4 Å². The molecule has 5 nitrogen and oxygen atoms in total. The van der Waals surface area contributed by atoms with Gasteiger partial charge in [0.05, 0.1) is 5.02 Å². The van der Waals surface area contributed by atoms with Gasteiger partial charge in [0, 0.05) is 11.6 Å². The van der Waals surface area contributed by atoms with Crippen LogP contribution in [0.25, 0.3) is 0 Å². The zero-order chi connectivity index (χ0) is 14.7. The van der Waals surface area contributed by atoms with Crippen molar-refractivity contribution in [3.05, 3.63) is 23.2 Å². The second-order valence-electron chi connectivity index (χ2n) is 4.94. The number of halogens is 1. The van der Waals surface area contributed by atoms with Crippen molar-refractivity contribution in [1.82, 2.24) is 0 Å². The van der Waals surface area contributed by atoms with Crippen LogP contribution in [0, 0.1) is 11.8 Å². The van der Waals surface area contributed by atoms with Crippen molar-refractivity contribution in [1.29, 1.82) is 0 Å². The second-order valence-corrected chi connectivity index (χ2v) is 5.35. The molecule has 1 fully saturated rings. The molecule has 2 N–H and O–H groups in total. The predicted octanol–water partition coefficient (Wildman–Crippen LogP) is 2.79. The number of benzene rings is 1. The number of aliphatic carboxylic acids is 1. The first-order valence-corrected chi connectivity index (χ1v) is 6.80. The van der Waals surface area contributed by atoms with Gasteiger partial charge in [-0.2, -0.15) is 0 Å². The van der Waals surface area contributed by atoms with Crippen molar-refractivity contribution in [2.45, 2.75) is 19.8 Å². The summed E-state index contributed by atoms with van der Waals surface area (Å²) >= 11 is 5.98. The minimum atomic E-state index is -1.07. The van der Waals surface area contributed by atoms with Crippen LogP contribution in [-0.2, 0) is 9.59 Å². The molecule has 0 spiro atoms. The summed E-state index contributed by atoms with van der Waals surface area (Å²) in [5, 5.41) is 11.6. The molecule has 6 heteroatoms. The maximum atomic E-state index is 11.9. The molecule has 20 heavy (non-hydrogen) atoms. The van der Waals surface area contributed by atoms with E-state index in [0.717, 1.165) is 12.8 Å². The van der Waals surface area contributed by atoms with E-state index in [0.29, 0.717) is 11.6 Å². The highest BCUT2D eigenvalue weighted by Crippen LogP contribution is 2.37. The van der Waals surface area contributed by atoms with Gasteiger partial charge >= 0.3 is 5.97 Å². The van der Waals surface area contributed by atoms with Crippen LogP contribution in [0.3, 0.4) is 0 Å². The molecule has 1 amide bonds. The Morgan fingerprint density at radius 1 is 1.50 bits per heavy atom. The molecule has 0 aliphatic heterocycles. The maximum absolute atomic E-state index is 11.9. The zero-order valence-corrected chi connectivity index (χ0v) is 11.8. The second kappa shape index (κ2) is 6.13. The quantitative estimate of drug-likeness (QED) is 0.846. The first kappa shape index (κ1) is 14.7. The molecule has 0 saturated heterocycles. The molecule has 0 unspecified atom stereocenters. The Labute approximate surface area is 121 Å². The summed E-state index contributed by atoms with van der Waals surface area (Å²) in [4.78, 5) is 22.4. The van der Waals surface area contributed by atoms with Crippen molar-refractivity contribution in [2.24, 2.45) is 11.8 Å². The van der Waals surface area contributed by atoms with Crippen molar-refractivity contribution >= 4 is 29.2 Å². The number of hydrogen-bond donors (Lipinski definition) is 2. The lowest BCUT2D eigenvalue weighted by Gasteiger charge is -2.12. The Hall–Kier alpha value is -1.75. The molecule has 1 aliphatic carbocycles. The Morgan fingerprint density at radius 3 is 2.75 bits per heavy atom. The van der Waals surface area contributed by atoms with Gasteiger partial charge in [-0.05, 0) is 37.0 Å². The van der Waals surface area contributed by atoms with Gasteiger partial charge in [-0.3, -0.25) is 4.79 Å². The zero-order valence-electron chi connectivity index (χ0n) is 11.1. The van der Waals surface area contributed by atoms with Gasteiger partial charge in [0.2, 0.25) is 5.91 Å². The average molecular weight is 298 g/mol. The molecule has 1 atom stereocenters. The summed E-state index contributed by atoms with van der Waals surface area (Å²) in [7, 11) is 0. The van der Waals surface area contributed by atoms with E-state index in [-0.39, 0.29) is 22.6 Å². The molecular weight excluding hydrogens is 282 g/mol. The predicted molar refractivity (Wildman–Crippen MR) is 75.1 cm³/mol. The van der Waals surface area contributed by atoms with E-state index < -0.39 is 12.6 Å². The minimum absolute atomic E-state index is 0.00304. The molecule has 108 valence electrons. The number of ether oxygens (including phenoxy) is 1. The monoisotopic (exact) mass is 297 g/mol. The number of rotatable bonds is 6. The van der Waals surface area contributed by atoms with Crippen LogP contribution in [-0.4, -0.2) is 23.6 Å². The highest BCUT2D eigenvalue weighted by molar-refractivity contribution is 6.32. The van der Waals surface area contributed by atoms with Crippen LogP contribution in [0.5, 0.6) is 5.75 Å². The molecule has 0 heterocycles. The fourth-order valence-electron chi connectivity index (χ4n) is 1.90. The molecule has 0 radical (unpaired) electrons. The van der Waals surface area contributed by atoms with Crippen LogP contribution in [0.2, 0.25) is 5.02 Å². The Kier molecular flexibility index (Phi) is 4.49. The summed E-state index contributed by atoms with van der Waals surface area (Å²) in [6.45, 7) is 1.46. The fourth-order valence-corrected chi connectivity index (χ4v) is 2.14. The number of amides is 1. The standard InChI is InChI=1S/C14H16ClNO4/c1-8(9-2-3-9)14(19)16-10-4-5-12(11(15)6-10)20-7-13(17)18/h4-6,8-9H,2-3,7H2,1H3,(H,16,19)(H,17,18)/t8-/m1/s1. The van der Waals surface area contributed by atoms with E-state index in [9.17, 15) is 9.59 Å². The third kappa shape index (κ3) is 3.87. The largest absolute Gasteiger partial charge is 0.480 e. The van der Waals surface area contributed by atoms with Crippen LogP contribution in [0.1, 0.15) is 19.8 Å². The van der Waals surface area contributed by atoms with E-state index >= 15 is 0 Å². The van der Waals surface area contributed by atoms with Crippen LogP contribution < -0.4 is 10.1 Å². The van der Waals surface area contributed by atoms with E-state index in [1.54, 1.807) is 18.2 Å². The van der Waals surface area contributed by atoms with E-state index in [1.165, 1.54) is 0 Å². The highest BCUT2D eigenvalue weighted by atomic mass is 35.5. The number of anilines is 1. The number of nitrogens with one attached hydrogen (secondary N) is 1. The number of carboxylic acids is 1. The third-order valence-corrected chi connectivity index (χ3v) is 3.59. The summed E-state index contributed by atoms with van der Waals surface area (Å²) < 4.78 is 5.01. The lowest BCUT2D eigenvalue weighted by molar-refractivity contribution is -0.139. The normalized spacial score (nSPS) is 15.5. The number of carbonyl (C=O) groups excluding carboxylic acids is 1. The maximum Gasteiger partial charge on any atom is 0.341 e. The van der Waals surface area contributed by atoms with E-state index in [2.05, 4.69) is 5.32 Å². The third-order valence-electron chi connectivity index (χ3n) is 3.29. The summed E-state index contributed by atoms with van der Waals surface area (Å²) in [5.74, 6) is -0.331. The molecule has 1 aromatic rings. The van der Waals surface area contributed by atoms with Gasteiger partial charge in [-0.25, -0.2) is 4.79 Å². The first-order chi connectivity index (χ1) is 9.47. The minimum Gasteiger partial charge on any atom is -0.480 e. The smallest absolute Gasteiger partial charge is 0.341 e. The van der Waals surface area contributed by atoms with Crippen LogP contribution in [0.4, 0.5) is 5.69 Å². The highest BCUT2D eigenvalue weighted by Gasteiger charge is 2.32. The van der Waals surface area contributed by atoms with Crippen molar-refractivity contribution in [2.75, 3.05) is 11.9 Å². The average Bonchev–Trinajstić information content (AvgIpc) is 3.20. The van der Waals surface area contributed by atoms with Gasteiger partial charge in [0.1, 0.15) is 5.75 Å². The first-order valence-electron chi connectivity index (χ1n) is 6.42. The SMILES string of the molecule is C[C@@H](C(=O)Nc1ccc(OCC(=O)O)c(Cl)c1)C1CC1. The van der Waals surface area contributed by atoms with Gasteiger partial charge in [0.25, 0.3) is 0 Å². The Morgan fingerprint density at radius 2 is 2.20 bits per heavy atom. The molecule has 2 rings (SSSR count). The Bertz CT molecular complexity index is 528. The van der Waals surface area contributed by atoms with E-state index in [1.807, 2.05) is 6.92 Å². The Balaban J connectivity index is 1.97.